The van der Waals surface area contributed by atoms with Crippen LogP contribution in [0.3, 0.4) is 0 Å². The topological polar surface area (TPSA) is 34.9 Å². The minimum atomic E-state index is 0.268. The monoisotopic (exact) mass is 260 g/mol. The maximum absolute atomic E-state index is 6.02. The summed E-state index contributed by atoms with van der Waals surface area (Å²) in [5.41, 5.74) is 5.79. The molecule has 0 bridgehead atoms. The zero-order chi connectivity index (χ0) is 13.7. The Balaban J connectivity index is 2.21. The molecule has 3 rings (SSSR count). The fourth-order valence-electron chi connectivity index (χ4n) is 2.49. The van der Waals surface area contributed by atoms with Crippen LogP contribution >= 0.6 is 0 Å². The van der Waals surface area contributed by atoms with Crippen LogP contribution in [0.25, 0.3) is 11.0 Å². The molecule has 0 saturated carbocycles. The molecular weight excluding hydrogens is 240 g/mol. The Morgan fingerprint density at radius 1 is 1.00 bits per heavy atom. The molecule has 1 saturated heterocycles. The first-order valence-corrected chi connectivity index (χ1v) is 6.74. The summed E-state index contributed by atoms with van der Waals surface area (Å²) in [5, 5.41) is 1.12. The molecule has 3 nitrogen and oxygen atoms in total. The summed E-state index contributed by atoms with van der Waals surface area (Å²) in [6.07, 6.45) is 0.268. The highest BCUT2D eigenvalue weighted by molar-refractivity contribution is 5.93. The van der Waals surface area contributed by atoms with Crippen LogP contribution in [0.1, 0.15) is 28.0 Å². The Morgan fingerprint density at radius 3 is 2.32 bits per heavy atom. The fraction of sp³-hybridized carbons (Fsp3) is 0.500. The van der Waals surface area contributed by atoms with Crippen LogP contribution in [0, 0.1) is 34.6 Å². The van der Waals surface area contributed by atoms with Gasteiger partial charge in [0.15, 0.2) is 0 Å². The van der Waals surface area contributed by atoms with Gasteiger partial charge in [0.2, 0.25) is 0 Å². The highest BCUT2D eigenvalue weighted by Gasteiger charge is 2.25. The Bertz CT molecular complexity index is 648. The normalized spacial score (nSPS) is 18.1. The van der Waals surface area contributed by atoms with Crippen molar-refractivity contribution in [1.29, 1.82) is 0 Å². The van der Waals surface area contributed by atoms with Gasteiger partial charge in [-0.05, 0) is 51.3 Å². The Labute approximate surface area is 113 Å². The Hall–Kier alpha value is -1.48. The van der Waals surface area contributed by atoms with E-state index in [0.717, 1.165) is 29.1 Å². The van der Waals surface area contributed by atoms with E-state index in [2.05, 4.69) is 27.7 Å². The van der Waals surface area contributed by atoms with E-state index in [1.54, 1.807) is 0 Å². The van der Waals surface area contributed by atoms with Gasteiger partial charge < -0.3 is 13.9 Å². The average molecular weight is 260 g/mol. The molecule has 0 amide bonds. The van der Waals surface area contributed by atoms with Crippen LogP contribution in [0.4, 0.5) is 0 Å². The number of ether oxygens (including phenoxy) is 2. The molecule has 1 atom stereocenters. The third kappa shape index (κ3) is 1.93. The van der Waals surface area contributed by atoms with E-state index >= 15 is 0 Å². The maximum atomic E-state index is 6.02. The van der Waals surface area contributed by atoms with Gasteiger partial charge in [-0.3, -0.25) is 0 Å². The van der Waals surface area contributed by atoms with Gasteiger partial charge in [0.25, 0.3) is 0 Å². The molecule has 0 N–H and O–H groups in total. The van der Waals surface area contributed by atoms with E-state index in [1.807, 2.05) is 6.92 Å². The molecule has 1 aromatic heterocycles. The van der Waals surface area contributed by atoms with Crippen molar-refractivity contribution in [2.24, 2.45) is 0 Å². The van der Waals surface area contributed by atoms with Crippen molar-refractivity contribution >= 4 is 11.0 Å². The van der Waals surface area contributed by atoms with Crippen LogP contribution in [-0.2, 0) is 4.74 Å². The quantitative estimate of drug-likeness (QED) is 0.788. The summed E-state index contributed by atoms with van der Waals surface area (Å²) >= 11 is 0. The van der Waals surface area contributed by atoms with Gasteiger partial charge in [-0.25, -0.2) is 0 Å². The molecule has 19 heavy (non-hydrogen) atoms. The van der Waals surface area contributed by atoms with Gasteiger partial charge in [-0.1, -0.05) is 0 Å². The Morgan fingerprint density at radius 2 is 1.68 bits per heavy atom. The number of benzene rings is 1. The molecule has 102 valence electrons. The molecule has 1 aliphatic rings. The van der Waals surface area contributed by atoms with Crippen molar-refractivity contribution in [3.05, 3.63) is 28.0 Å². The summed E-state index contributed by atoms with van der Waals surface area (Å²) < 4.78 is 17.2. The number of rotatable bonds is 3. The van der Waals surface area contributed by atoms with Crippen molar-refractivity contribution in [1.82, 2.24) is 0 Å². The maximum Gasteiger partial charge on any atom is 0.141 e. The van der Waals surface area contributed by atoms with E-state index in [4.69, 9.17) is 13.9 Å². The summed E-state index contributed by atoms with van der Waals surface area (Å²) in [5.74, 6) is 1.93. The largest absolute Gasteiger partial charge is 0.490 e. The van der Waals surface area contributed by atoms with E-state index < -0.39 is 0 Å². The molecule has 0 aliphatic carbocycles. The van der Waals surface area contributed by atoms with E-state index in [-0.39, 0.29) is 6.10 Å². The number of hydrogen-bond donors (Lipinski definition) is 0. The third-order valence-corrected chi connectivity index (χ3v) is 4.23. The predicted octanol–water partition coefficient (Wildman–Crippen LogP) is 3.75. The molecule has 2 aromatic rings. The first-order valence-electron chi connectivity index (χ1n) is 6.74. The summed E-state index contributed by atoms with van der Waals surface area (Å²) in [6, 6.07) is 0. The van der Waals surface area contributed by atoms with Gasteiger partial charge in [0.1, 0.15) is 29.8 Å². The van der Waals surface area contributed by atoms with Crippen LogP contribution in [0.15, 0.2) is 4.42 Å². The molecule has 1 aliphatic heterocycles. The number of epoxide rings is 1. The number of furan rings is 1. The minimum Gasteiger partial charge on any atom is -0.490 e. The molecule has 1 fully saturated rings. The van der Waals surface area contributed by atoms with Crippen molar-refractivity contribution in [2.75, 3.05) is 13.2 Å². The standard InChI is InChI=1S/C16H20O3/c1-8-9(2)15(18-7-13-6-17-13)14-11(4)12(5)19-16(14)10(8)3/h13H,6-7H2,1-5H3. The lowest BCUT2D eigenvalue weighted by Crippen LogP contribution is -2.06. The average Bonchev–Trinajstić information content (AvgIpc) is 3.16. The van der Waals surface area contributed by atoms with E-state index in [9.17, 15) is 0 Å². The Kier molecular flexibility index (Phi) is 2.82. The first-order chi connectivity index (χ1) is 9.00. The third-order valence-electron chi connectivity index (χ3n) is 4.23. The van der Waals surface area contributed by atoms with Crippen molar-refractivity contribution in [3.63, 3.8) is 0 Å². The minimum absolute atomic E-state index is 0.268. The molecule has 3 heteroatoms. The van der Waals surface area contributed by atoms with Gasteiger partial charge in [-0.15, -0.1) is 0 Å². The van der Waals surface area contributed by atoms with Crippen LogP contribution < -0.4 is 4.74 Å². The number of fused-ring (bicyclic) bond motifs is 1. The van der Waals surface area contributed by atoms with Gasteiger partial charge >= 0.3 is 0 Å². The van der Waals surface area contributed by atoms with Gasteiger partial charge in [0.05, 0.1) is 12.0 Å². The molecule has 0 spiro atoms. The molecular formula is C16H20O3. The lowest BCUT2D eigenvalue weighted by Gasteiger charge is -2.14. The zero-order valence-corrected chi connectivity index (χ0v) is 12.2. The fourth-order valence-corrected chi connectivity index (χ4v) is 2.49. The summed E-state index contributed by atoms with van der Waals surface area (Å²) in [7, 11) is 0. The second kappa shape index (κ2) is 4.27. The van der Waals surface area contributed by atoms with Crippen LogP contribution in [-0.4, -0.2) is 19.3 Å². The van der Waals surface area contributed by atoms with E-state index in [0.29, 0.717) is 6.61 Å². The molecule has 1 unspecified atom stereocenters. The highest BCUT2D eigenvalue weighted by atomic mass is 16.6. The molecule has 1 aromatic carbocycles. The van der Waals surface area contributed by atoms with Gasteiger partial charge in [-0.2, -0.15) is 0 Å². The summed E-state index contributed by atoms with van der Waals surface area (Å²) in [6.45, 7) is 11.9. The zero-order valence-electron chi connectivity index (χ0n) is 12.2. The molecule has 2 heterocycles. The first kappa shape index (κ1) is 12.5. The van der Waals surface area contributed by atoms with Crippen molar-refractivity contribution in [2.45, 2.75) is 40.7 Å². The second-order valence-electron chi connectivity index (χ2n) is 5.46. The predicted molar refractivity (Wildman–Crippen MR) is 75.1 cm³/mol. The second-order valence-corrected chi connectivity index (χ2v) is 5.46. The highest BCUT2D eigenvalue weighted by Crippen LogP contribution is 2.40. The number of hydrogen-bond acceptors (Lipinski definition) is 3. The lowest BCUT2D eigenvalue weighted by atomic mass is 9.98. The lowest BCUT2D eigenvalue weighted by molar-refractivity contribution is 0.264. The van der Waals surface area contributed by atoms with Crippen LogP contribution in [0.2, 0.25) is 0 Å². The van der Waals surface area contributed by atoms with Crippen LogP contribution in [0.5, 0.6) is 5.75 Å². The van der Waals surface area contributed by atoms with Gasteiger partial charge in [0, 0.05) is 5.56 Å². The number of aryl methyl sites for hydroxylation is 3. The molecule has 0 radical (unpaired) electrons. The summed E-state index contributed by atoms with van der Waals surface area (Å²) in [4.78, 5) is 0. The SMILES string of the molecule is Cc1oc2c(C)c(C)c(C)c(OCC3CO3)c2c1C. The van der Waals surface area contributed by atoms with Crippen molar-refractivity contribution < 1.29 is 13.9 Å². The smallest absolute Gasteiger partial charge is 0.141 e. The van der Waals surface area contributed by atoms with Crippen molar-refractivity contribution in [3.8, 4) is 5.75 Å². The van der Waals surface area contributed by atoms with E-state index in [1.165, 1.54) is 22.3 Å².